The Balaban J connectivity index is 1.10. The lowest BCUT2D eigenvalue weighted by Gasteiger charge is -2.26. The summed E-state index contributed by atoms with van der Waals surface area (Å²) in [5.74, 6) is 0. The summed E-state index contributed by atoms with van der Waals surface area (Å²) in [7, 11) is 0. The standard InChI is InChI=1S/C50H33NO/c1-2-13-38(14-3-1)50-44-17-7-5-12-35(44)25-31-45(50)37-23-28-40(29-24-37)51(41-30-32-47-46-18-8-9-20-48(46)52-49(47)33-41)39-26-21-36(22-27-39)43-19-10-15-34-11-4-6-16-42(34)43/h1-33H. The van der Waals surface area contributed by atoms with E-state index in [0.29, 0.717) is 0 Å². The van der Waals surface area contributed by atoms with E-state index < -0.39 is 0 Å². The number of hydrogen-bond donors (Lipinski definition) is 0. The third kappa shape index (κ3) is 5.12. The average molecular weight is 664 g/mol. The highest BCUT2D eigenvalue weighted by Gasteiger charge is 2.18. The SMILES string of the molecule is c1ccc(-c2c(-c3ccc(N(c4ccc(-c5cccc6ccccc56)cc4)c4ccc5c(c4)oc4ccccc45)cc3)ccc3ccccc23)cc1. The van der Waals surface area contributed by atoms with Crippen LogP contribution in [0.5, 0.6) is 0 Å². The molecule has 0 fully saturated rings. The highest BCUT2D eigenvalue weighted by atomic mass is 16.3. The molecule has 9 aromatic carbocycles. The Kier molecular flexibility index (Phi) is 7.18. The zero-order valence-electron chi connectivity index (χ0n) is 28.4. The molecule has 0 aliphatic heterocycles. The van der Waals surface area contributed by atoms with E-state index in [-0.39, 0.29) is 0 Å². The van der Waals surface area contributed by atoms with Crippen molar-refractivity contribution >= 4 is 60.5 Å². The van der Waals surface area contributed by atoms with Gasteiger partial charge in [-0.3, -0.25) is 0 Å². The monoisotopic (exact) mass is 663 g/mol. The molecule has 2 nitrogen and oxygen atoms in total. The number of hydrogen-bond acceptors (Lipinski definition) is 2. The van der Waals surface area contributed by atoms with Gasteiger partial charge in [0.2, 0.25) is 0 Å². The molecular formula is C50H33NO. The number of nitrogens with zero attached hydrogens (tertiary/aromatic N) is 1. The fourth-order valence-electron chi connectivity index (χ4n) is 7.79. The molecule has 0 bridgehead atoms. The summed E-state index contributed by atoms with van der Waals surface area (Å²) in [6, 6.07) is 71.7. The first kappa shape index (κ1) is 30.0. The first-order chi connectivity index (χ1) is 25.8. The van der Waals surface area contributed by atoms with Crippen molar-refractivity contribution < 1.29 is 4.42 Å². The zero-order chi connectivity index (χ0) is 34.4. The molecule has 0 unspecified atom stereocenters. The second kappa shape index (κ2) is 12.5. The Labute approximate surface area is 302 Å². The molecule has 0 atom stereocenters. The van der Waals surface area contributed by atoms with Crippen LogP contribution in [0.25, 0.3) is 76.9 Å². The van der Waals surface area contributed by atoms with Gasteiger partial charge in [0.1, 0.15) is 11.2 Å². The van der Waals surface area contributed by atoms with Crippen LogP contribution in [0.4, 0.5) is 17.1 Å². The minimum absolute atomic E-state index is 0.872. The summed E-state index contributed by atoms with van der Waals surface area (Å²) in [5.41, 5.74) is 12.2. The number of anilines is 3. The van der Waals surface area contributed by atoms with E-state index in [2.05, 4.69) is 193 Å². The summed E-state index contributed by atoms with van der Waals surface area (Å²) in [4.78, 5) is 2.32. The Morgan fingerprint density at radius 3 is 1.62 bits per heavy atom. The molecule has 0 saturated heterocycles. The molecule has 0 amide bonds. The number of rotatable bonds is 6. The predicted molar refractivity (Wildman–Crippen MR) is 220 cm³/mol. The molecule has 1 heterocycles. The van der Waals surface area contributed by atoms with Gasteiger partial charge in [-0.1, -0.05) is 152 Å². The van der Waals surface area contributed by atoms with Crippen LogP contribution in [0, 0.1) is 0 Å². The maximum Gasteiger partial charge on any atom is 0.137 e. The van der Waals surface area contributed by atoms with Crippen LogP contribution < -0.4 is 4.90 Å². The van der Waals surface area contributed by atoms with Gasteiger partial charge in [0, 0.05) is 33.9 Å². The number of para-hydroxylation sites is 1. The largest absolute Gasteiger partial charge is 0.456 e. The fourth-order valence-corrected chi connectivity index (χ4v) is 7.79. The van der Waals surface area contributed by atoms with E-state index in [1.54, 1.807) is 0 Å². The molecule has 0 aliphatic rings. The normalized spacial score (nSPS) is 11.5. The maximum absolute atomic E-state index is 6.37. The van der Waals surface area contributed by atoms with Crippen LogP contribution in [0.2, 0.25) is 0 Å². The van der Waals surface area contributed by atoms with E-state index in [1.807, 2.05) is 12.1 Å². The Bertz CT molecular complexity index is 2880. The first-order valence-electron chi connectivity index (χ1n) is 17.8. The van der Waals surface area contributed by atoms with Gasteiger partial charge in [-0.25, -0.2) is 0 Å². The van der Waals surface area contributed by atoms with E-state index in [0.717, 1.165) is 39.0 Å². The second-order valence-electron chi connectivity index (χ2n) is 13.3. The molecule has 52 heavy (non-hydrogen) atoms. The number of benzene rings is 9. The minimum atomic E-state index is 0.872. The zero-order valence-corrected chi connectivity index (χ0v) is 28.4. The fraction of sp³-hybridized carbons (Fsp3) is 0. The lowest BCUT2D eigenvalue weighted by atomic mass is 9.90. The first-order valence-corrected chi connectivity index (χ1v) is 17.8. The van der Waals surface area contributed by atoms with Crippen molar-refractivity contribution in [3.8, 4) is 33.4 Å². The van der Waals surface area contributed by atoms with Gasteiger partial charge in [-0.15, -0.1) is 0 Å². The van der Waals surface area contributed by atoms with Crippen LogP contribution in [-0.4, -0.2) is 0 Å². The molecule has 0 saturated carbocycles. The molecular weight excluding hydrogens is 631 g/mol. The van der Waals surface area contributed by atoms with Crippen molar-refractivity contribution in [2.45, 2.75) is 0 Å². The third-order valence-corrected chi connectivity index (χ3v) is 10.3. The number of fused-ring (bicyclic) bond motifs is 5. The molecule has 0 radical (unpaired) electrons. The summed E-state index contributed by atoms with van der Waals surface area (Å²) in [5, 5.41) is 7.23. The Morgan fingerprint density at radius 1 is 0.308 bits per heavy atom. The molecule has 10 aromatic rings. The molecule has 244 valence electrons. The Morgan fingerprint density at radius 2 is 0.865 bits per heavy atom. The van der Waals surface area contributed by atoms with Crippen LogP contribution in [-0.2, 0) is 0 Å². The molecule has 1 aromatic heterocycles. The predicted octanol–water partition coefficient (Wildman–Crippen LogP) is 14.4. The molecule has 10 rings (SSSR count). The second-order valence-corrected chi connectivity index (χ2v) is 13.3. The van der Waals surface area contributed by atoms with Crippen molar-refractivity contribution in [3.05, 3.63) is 200 Å². The van der Waals surface area contributed by atoms with E-state index >= 15 is 0 Å². The van der Waals surface area contributed by atoms with Gasteiger partial charge < -0.3 is 9.32 Å². The van der Waals surface area contributed by atoms with E-state index in [9.17, 15) is 0 Å². The average Bonchev–Trinajstić information content (AvgIpc) is 3.59. The smallest absolute Gasteiger partial charge is 0.137 e. The quantitative estimate of drug-likeness (QED) is 0.176. The summed E-state index contributed by atoms with van der Waals surface area (Å²) < 4.78 is 6.37. The Hall–Kier alpha value is -6.90. The van der Waals surface area contributed by atoms with Gasteiger partial charge in [-0.2, -0.15) is 0 Å². The van der Waals surface area contributed by atoms with Crippen molar-refractivity contribution in [2.75, 3.05) is 4.90 Å². The lowest BCUT2D eigenvalue weighted by molar-refractivity contribution is 0.669. The maximum atomic E-state index is 6.37. The third-order valence-electron chi connectivity index (χ3n) is 10.3. The van der Waals surface area contributed by atoms with Gasteiger partial charge in [0.15, 0.2) is 0 Å². The van der Waals surface area contributed by atoms with Crippen LogP contribution in [0.3, 0.4) is 0 Å². The molecule has 2 heteroatoms. The molecule has 0 aliphatic carbocycles. The van der Waals surface area contributed by atoms with Crippen molar-refractivity contribution in [2.24, 2.45) is 0 Å². The van der Waals surface area contributed by atoms with Crippen molar-refractivity contribution in [1.29, 1.82) is 0 Å². The van der Waals surface area contributed by atoms with Gasteiger partial charge >= 0.3 is 0 Å². The van der Waals surface area contributed by atoms with Gasteiger partial charge in [0.25, 0.3) is 0 Å². The van der Waals surface area contributed by atoms with Crippen LogP contribution in [0.1, 0.15) is 0 Å². The summed E-state index contributed by atoms with van der Waals surface area (Å²) in [6.07, 6.45) is 0. The van der Waals surface area contributed by atoms with E-state index in [4.69, 9.17) is 4.42 Å². The van der Waals surface area contributed by atoms with Gasteiger partial charge in [0.05, 0.1) is 0 Å². The van der Waals surface area contributed by atoms with Crippen molar-refractivity contribution in [1.82, 2.24) is 0 Å². The summed E-state index contributed by atoms with van der Waals surface area (Å²) in [6.45, 7) is 0. The molecule has 0 spiro atoms. The highest BCUT2D eigenvalue weighted by molar-refractivity contribution is 6.07. The van der Waals surface area contributed by atoms with Crippen LogP contribution >= 0.6 is 0 Å². The van der Waals surface area contributed by atoms with Crippen LogP contribution in [0.15, 0.2) is 205 Å². The topological polar surface area (TPSA) is 16.4 Å². The van der Waals surface area contributed by atoms with Gasteiger partial charge in [-0.05, 0) is 97.4 Å². The molecule has 0 N–H and O–H groups in total. The summed E-state index contributed by atoms with van der Waals surface area (Å²) >= 11 is 0. The lowest BCUT2D eigenvalue weighted by Crippen LogP contribution is -2.09. The van der Waals surface area contributed by atoms with E-state index in [1.165, 1.54) is 54.9 Å². The highest BCUT2D eigenvalue weighted by Crippen LogP contribution is 2.42. The minimum Gasteiger partial charge on any atom is -0.456 e. The number of furan rings is 1. The van der Waals surface area contributed by atoms with Crippen molar-refractivity contribution in [3.63, 3.8) is 0 Å².